The van der Waals surface area contributed by atoms with Crippen molar-refractivity contribution in [3.05, 3.63) is 32.7 Å². The lowest BCUT2D eigenvalue weighted by atomic mass is 10.3. The number of hydrogen-bond donors (Lipinski definition) is 0. The van der Waals surface area contributed by atoms with Crippen molar-refractivity contribution in [1.29, 1.82) is 0 Å². The van der Waals surface area contributed by atoms with Crippen LogP contribution < -0.4 is 5.56 Å². The maximum atomic E-state index is 11.7. The zero-order valence-corrected chi connectivity index (χ0v) is 13.5. The number of halogens is 1. The van der Waals surface area contributed by atoms with Crippen LogP contribution in [-0.2, 0) is 11.5 Å². The van der Waals surface area contributed by atoms with Crippen molar-refractivity contribution in [3.8, 4) is 0 Å². The van der Waals surface area contributed by atoms with Crippen molar-refractivity contribution < 1.29 is 4.74 Å². The minimum atomic E-state index is -1.05. The van der Waals surface area contributed by atoms with Gasteiger partial charge in [-0.25, -0.2) is 0 Å². The largest absolute Gasteiger partial charge is 0.361 e. The van der Waals surface area contributed by atoms with E-state index in [9.17, 15) is 4.79 Å². The molecule has 0 fully saturated rings. The predicted molar refractivity (Wildman–Crippen MR) is 77.2 cm³/mol. The Hall–Kier alpha value is -0.393. The molecule has 0 amide bonds. The Balaban J connectivity index is 2.53. The fourth-order valence-corrected chi connectivity index (χ4v) is 2.40. The Morgan fingerprint density at radius 3 is 2.65 bits per heavy atom. The maximum Gasteiger partial charge on any atom is 0.252 e. The number of aryl methyl sites for hydroxylation is 1. The van der Waals surface area contributed by atoms with Gasteiger partial charge in [-0.3, -0.25) is 9.36 Å². The second kappa shape index (κ2) is 5.98. The molecule has 0 saturated carbocycles. The van der Waals surface area contributed by atoms with Crippen molar-refractivity contribution in [2.24, 2.45) is 0 Å². The Labute approximate surface area is 112 Å². The molecule has 0 aliphatic rings. The highest BCUT2D eigenvalue weighted by molar-refractivity contribution is 9.10. The van der Waals surface area contributed by atoms with E-state index in [4.69, 9.17) is 4.74 Å². The van der Waals surface area contributed by atoms with Gasteiger partial charge < -0.3 is 4.74 Å². The molecule has 0 N–H and O–H groups in total. The van der Waals surface area contributed by atoms with Gasteiger partial charge in [-0.1, -0.05) is 19.6 Å². The molecule has 0 unspecified atom stereocenters. The number of rotatable bonds is 5. The minimum absolute atomic E-state index is 0.0151. The average molecular weight is 318 g/mol. The fourth-order valence-electron chi connectivity index (χ4n) is 1.28. The summed E-state index contributed by atoms with van der Waals surface area (Å²) in [6.07, 6.45) is 1.78. The number of hydrogen-bond acceptors (Lipinski definition) is 2. The lowest BCUT2D eigenvalue weighted by Crippen LogP contribution is -2.24. The van der Waals surface area contributed by atoms with Gasteiger partial charge in [0.15, 0.2) is 0 Å². The van der Waals surface area contributed by atoms with Gasteiger partial charge in [0, 0.05) is 31.4 Å². The number of nitrogens with zero attached hydrogens (tertiary/aromatic N) is 1. The van der Waals surface area contributed by atoms with E-state index >= 15 is 0 Å². The van der Waals surface area contributed by atoms with Crippen LogP contribution in [0.1, 0.15) is 5.56 Å². The number of aromatic nitrogens is 1. The first-order chi connectivity index (χ1) is 7.79. The first-order valence-corrected chi connectivity index (χ1v) is 10.2. The molecule has 5 heteroatoms. The standard InChI is InChI=1S/C12H20BrNO2Si/c1-10-7-12(15)14(8-11(10)13)9-16-5-6-17(2,3)4/h7-8H,5-6,9H2,1-4H3. The summed E-state index contributed by atoms with van der Waals surface area (Å²) < 4.78 is 8.07. The molecule has 0 aromatic carbocycles. The Morgan fingerprint density at radius 2 is 2.06 bits per heavy atom. The normalized spacial score (nSPS) is 11.8. The topological polar surface area (TPSA) is 31.2 Å². The van der Waals surface area contributed by atoms with Crippen molar-refractivity contribution in [3.63, 3.8) is 0 Å². The summed E-state index contributed by atoms with van der Waals surface area (Å²) in [5.74, 6) is 0. The summed E-state index contributed by atoms with van der Waals surface area (Å²) in [6.45, 7) is 9.90. The van der Waals surface area contributed by atoms with Crippen molar-refractivity contribution >= 4 is 24.0 Å². The van der Waals surface area contributed by atoms with E-state index in [1.165, 1.54) is 0 Å². The third kappa shape index (κ3) is 5.19. The second-order valence-corrected chi connectivity index (χ2v) is 11.9. The van der Waals surface area contributed by atoms with Gasteiger partial charge in [-0.15, -0.1) is 0 Å². The van der Waals surface area contributed by atoms with Gasteiger partial charge in [0.1, 0.15) is 6.73 Å². The molecule has 1 heterocycles. The van der Waals surface area contributed by atoms with Gasteiger partial charge in [0.25, 0.3) is 5.56 Å². The quantitative estimate of drug-likeness (QED) is 0.616. The van der Waals surface area contributed by atoms with Gasteiger partial charge in [0.2, 0.25) is 0 Å². The Kier molecular flexibility index (Phi) is 5.16. The van der Waals surface area contributed by atoms with Crippen LogP contribution in [0.5, 0.6) is 0 Å². The summed E-state index contributed by atoms with van der Waals surface area (Å²) in [5.41, 5.74) is 0.937. The number of pyridine rings is 1. The first kappa shape index (κ1) is 14.7. The number of ether oxygens (including phenoxy) is 1. The molecule has 0 spiro atoms. The van der Waals surface area contributed by atoms with Crippen LogP contribution in [0.25, 0.3) is 0 Å². The van der Waals surface area contributed by atoms with Crippen LogP contribution in [0.2, 0.25) is 25.7 Å². The highest BCUT2D eigenvalue weighted by Crippen LogP contribution is 2.12. The van der Waals surface area contributed by atoms with Gasteiger partial charge >= 0.3 is 0 Å². The van der Waals surface area contributed by atoms with Crippen molar-refractivity contribution in [1.82, 2.24) is 4.57 Å². The van der Waals surface area contributed by atoms with Gasteiger partial charge in [0.05, 0.1) is 0 Å². The average Bonchev–Trinajstić information content (AvgIpc) is 2.18. The molecule has 17 heavy (non-hydrogen) atoms. The molecule has 3 nitrogen and oxygen atoms in total. The zero-order valence-electron chi connectivity index (χ0n) is 10.9. The van der Waals surface area contributed by atoms with Crippen LogP contribution in [-0.4, -0.2) is 19.2 Å². The summed E-state index contributed by atoms with van der Waals surface area (Å²) >= 11 is 3.41. The summed E-state index contributed by atoms with van der Waals surface area (Å²) in [7, 11) is -1.05. The molecule has 0 saturated heterocycles. The summed E-state index contributed by atoms with van der Waals surface area (Å²) in [5, 5.41) is 0. The molecule has 0 aliphatic carbocycles. The van der Waals surface area contributed by atoms with Crippen molar-refractivity contribution in [2.45, 2.75) is 39.3 Å². The van der Waals surface area contributed by atoms with Gasteiger partial charge in [-0.05, 0) is 34.5 Å². The second-order valence-electron chi connectivity index (χ2n) is 5.46. The van der Waals surface area contributed by atoms with E-state index in [2.05, 4.69) is 35.6 Å². The van der Waals surface area contributed by atoms with Crippen LogP contribution in [0, 0.1) is 6.92 Å². The maximum absolute atomic E-state index is 11.7. The highest BCUT2D eigenvalue weighted by atomic mass is 79.9. The smallest absolute Gasteiger partial charge is 0.252 e. The third-order valence-corrected chi connectivity index (χ3v) is 5.03. The van der Waals surface area contributed by atoms with Crippen molar-refractivity contribution in [2.75, 3.05) is 6.61 Å². The molecular weight excluding hydrogens is 298 g/mol. The monoisotopic (exact) mass is 317 g/mol. The first-order valence-electron chi connectivity index (χ1n) is 5.74. The SMILES string of the molecule is Cc1cc(=O)n(COCC[Si](C)(C)C)cc1Br. The van der Waals surface area contributed by atoms with E-state index in [-0.39, 0.29) is 5.56 Å². The Bertz CT molecular complexity index is 437. The fraction of sp³-hybridized carbons (Fsp3) is 0.583. The Morgan fingerprint density at radius 1 is 1.41 bits per heavy atom. The third-order valence-electron chi connectivity index (χ3n) is 2.50. The highest BCUT2D eigenvalue weighted by Gasteiger charge is 2.12. The molecule has 0 bridgehead atoms. The van der Waals surface area contributed by atoms with E-state index in [1.54, 1.807) is 16.8 Å². The van der Waals surface area contributed by atoms with Crippen LogP contribution in [0.4, 0.5) is 0 Å². The predicted octanol–water partition coefficient (Wildman–Crippen LogP) is 3.23. The molecular formula is C12H20BrNO2Si. The molecule has 0 radical (unpaired) electrons. The molecule has 0 atom stereocenters. The molecule has 1 aromatic rings. The molecule has 1 rings (SSSR count). The lowest BCUT2D eigenvalue weighted by molar-refractivity contribution is 0.0846. The summed E-state index contributed by atoms with van der Waals surface area (Å²) in [4.78, 5) is 11.7. The van der Waals surface area contributed by atoms with E-state index < -0.39 is 8.07 Å². The minimum Gasteiger partial charge on any atom is -0.361 e. The molecule has 96 valence electrons. The van der Waals surface area contributed by atoms with Gasteiger partial charge in [-0.2, -0.15) is 0 Å². The van der Waals surface area contributed by atoms with Crippen LogP contribution in [0.3, 0.4) is 0 Å². The molecule has 0 aliphatic heterocycles. The summed E-state index contributed by atoms with van der Waals surface area (Å²) in [6, 6.07) is 2.74. The zero-order chi connectivity index (χ0) is 13.1. The van der Waals surface area contributed by atoms with E-state index in [0.717, 1.165) is 22.7 Å². The van der Waals surface area contributed by atoms with Crippen LogP contribution in [0.15, 0.2) is 21.5 Å². The van der Waals surface area contributed by atoms with Crippen LogP contribution >= 0.6 is 15.9 Å². The van der Waals surface area contributed by atoms with E-state index in [0.29, 0.717) is 6.73 Å². The lowest BCUT2D eigenvalue weighted by Gasteiger charge is -2.16. The van der Waals surface area contributed by atoms with E-state index in [1.807, 2.05) is 6.92 Å². The molecule has 1 aromatic heterocycles.